The van der Waals surface area contributed by atoms with Gasteiger partial charge >= 0.3 is 0 Å². The molecule has 5 heteroatoms. The average molecular weight is 263 g/mol. The quantitative estimate of drug-likeness (QED) is 0.862. The molecular weight excluding hydrogens is 242 g/mol. The Morgan fingerprint density at radius 3 is 2.79 bits per heavy atom. The summed E-state index contributed by atoms with van der Waals surface area (Å²) in [5.41, 5.74) is 7.18. The normalized spacial score (nSPS) is 24.7. The third-order valence-electron chi connectivity index (χ3n) is 4.22. The minimum absolute atomic E-state index is 0.0479. The summed E-state index contributed by atoms with van der Waals surface area (Å²) in [5.74, 6) is 0.248. The number of nitrogens with two attached hydrogens (primary N) is 1. The lowest BCUT2D eigenvalue weighted by Crippen LogP contribution is -2.31. The van der Waals surface area contributed by atoms with Crippen LogP contribution in [0.3, 0.4) is 0 Å². The van der Waals surface area contributed by atoms with E-state index in [9.17, 15) is 9.90 Å². The number of aliphatic hydroxyl groups excluding tert-OH is 1. The van der Waals surface area contributed by atoms with Crippen molar-refractivity contribution >= 4 is 11.6 Å². The van der Waals surface area contributed by atoms with E-state index in [0.717, 1.165) is 25.8 Å². The molecule has 2 fully saturated rings. The van der Waals surface area contributed by atoms with Gasteiger partial charge in [0.25, 0.3) is 5.91 Å². The smallest absolute Gasteiger partial charge is 0.270 e. The van der Waals surface area contributed by atoms with Gasteiger partial charge in [-0.1, -0.05) is 0 Å². The van der Waals surface area contributed by atoms with Crippen molar-refractivity contribution < 1.29 is 9.90 Å². The molecule has 3 rings (SSSR count). The van der Waals surface area contributed by atoms with Crippen molar-refractivity contribution in [3.8, 4) is 0 Å². The average Bonchev–Trinajstić information content (AvgIpc) is 2.95. The second kappa shape index (κ2) is 4.56. The lowest BCUT2D eigenvalue weighted by Gasteiger charge is -2.18. The summed E-state index contributed by atoms with van der Waals surface area (Å²) in [6.07, 6.45) is 4.66. The SMILES string of the molecule is CC(O)C1CCN(C(=O)c2cc(N)cn2C2CC2)C1. The Bertz CT molecular complexity index is 491. The van der Waals surface area contributed by atoms with Gasteiger partial charge in [0.2, 0.25) is 0 Å². The molecule has 19 heavy (non-hydrogen) atoms. The van der Waals surface area contributed by atoms with Crippen LogP contribution in [0.25, 0.3) is 0 Å². The van der Waals surface area contributed by atoms with Crippen LogP contribution in [0.1, 0.15) is 42.7 Å². The molecule has 1 aliphatic heterocycles. The number of hydrogen-bond donors (Lipinski definition) is 2. The molecule has 1 saturated carbocycles. The highest BCUT2D eigenvalue weighted by Crippen LogP contribution is 2.37. The fourth-order valence-corrected chi connectivity index (χ4v) is 2.85. The first-order chi connectivity index (χ1) is 9.06. The summed E-state index contributed by atoms with van der Waals surface area (Å²) in [5, 5.41) is 9.62. The van der Waals surface area contributed by atoms with E-state index in [1.54, 1.807) is 13.0 Å². The molecule has 2 aliphatic rings. The van der Waals surface area contributed by atoms with Crippen molar-refractivity contribution in [2.75, 3.05) is 18.8 Å². The Balaban J connectivity index is 1.77. The fourth-order valence-electron chi connectivity index (χ4n) is 2.85. The van der Waals surface area contributed by atoms with Crippen LogP contribution in [0.4, 0.5) is 5.69 Å². The predicted molar refractivity (Wildman–Crippen MR) is 72.8 cm³/mol. The number of aliphatic hydroxyl groups is 1. The molecule has 2 atom stereocenters. The topological polar surface area (TPSA) is 71.5 Å². The largest absolute Gasteiger partial charge is 0.397 e. The van der Waals surface area contributed by atoms with E-state index in [1.807, 2.05) is 15.7 Å². The van der Waals surface area contributed by atoms with Crippen LogP contribution < -0.4 is 5.73 Å². The molecule has 1 aliphatic carbocycles. The van der Waals surface area contributed by atoms with E-state index in [2.05, 4.69) is 0 Å². The number of hydrogen-bond acceptors (Lipinski definition) is 3. The number of likely N-dealkylation sites (tertiary alicyclic amines) is 1. The van der Waals surface area contributed by atoms with E-state index in [1.165, 1.54) is 0 Å². The first-order valence-corrected chi connectivity index (χ1v) is 7.01. The van der Waals surface area contributed by atoms with Gasteiger partial charge in [-0.15, -0.1) is 0 Å². The Hall–Kier alpha value is -1.49. The summed E-state index contributed by atoms with van der Waals surface area (Å²) >= 11 is 0. The molecule has 1 amide bonds. The van der Waals surface area contributed by atoms with Crippen LogP contribution in [0, 0.1) is 5.92 Å². The highest BCUT2D eigenvalue weighted by atomic mass is 16.3. The number of aromatic nitrogens is 1. The van der Waals surface area contributed by atoms with Crippen LogP contribution in [0.2, 0.25) is 0 Å². The molecule has 0 aromatic carbocycles. The molecule has 1 aromatic rings. The first-order valence-electron chi connectivity index (χ1n) is 7.01. The van der Waals surface area contributed by atoms with Gasteiger partial charge in [0.05, 0.1) is 11.8 Å². The molecule has 0 bridgehead atoms. The van der Waals surface area contributed by atoms with E-state index >= 15 is 0 Å². The Labute approximate surface area is 113 Å². The highest BCUT2D eigenvalue weighted by Gasteiger charge is 2.33. The van der Waals surface area contributed by atoms with Gasteiger partial charge in [-0.25, -0.2) is 0 Å². The standard InChI is InChI=1S/C14H21N3O2/c1-9(18)10-4-5-16(7-10)14(19)13-6-11(15)8-17(13)12-2-3-12/h6,8-10,12,18H,2-5,7,15H2,1H3. The minimum atomic E-state index is -0.349. The van der Waals surface area contributed by atoms with Crippen LogP contribution in [-0.4, -0.2) is 39.7 Å². The van der Waals surface area contributed by atoms with Crippen LogP contribution in [-0.2, 0) is 0 Å². The molecule has 5 nitrogen and oxygen atoms in total. The van der Waals surface area contributed by atoms with E-state index in [0.29, 0.717) is 24.0 Å². The fraction of sp³-hybridized carbons (Fsp3) is 0.643. The van der Waals surface area contributed by atoms with Crippen molar-refractivity contribution in [1.82, 2.24) is 9.47 Å². The highest BCUT2D eigenvalue weighted by molar-refractivity contribution is 5.94. The van der Waals surface area contributed by atoms with E-state index < -0.39 is 0 Å². The van der Waals surface area contributed by atoms with Crippen LogP contribution >= 0.6 is 0 Å². The van der Waals surface area contributed by atoms with Gasteiger partial charge in [0, 0.05) is 31.2 Å². The van der Waals surface area contributed by atoms with Gasteiger partial charge in [-0.05, 0) is 32.3 Å². The maximum absolute atomic E-state index is 12.5. The number of carbonyl (C=O) groups excluding carboxylic acids is 1. The third kappa shape index (κ3) is 2.34. The molecule has 1 saturated heterocycles. The molecule has 1 aromatic heterocycles. The first kappa shape index (κ1) is 12.5. The molecule has 0 spiro atoms. The minimum Gasteiger partial charge on any atom is -0.397 e. The summed E-state index contributed by atoms with van der Waals surface area (Å²) in [7, 11) is 0. The van der Waals surface area contributed by atoms with Crippen molar-refractivity contribution in [2.45, 2.75) is 38.3 Å². The Kier molecular flexibility index (Phi) is 3.01. The van der Waals surface area contributed by atoms with Gasteiger partial charge in [0.1, 0.15) is 5.69 Å². The molecule has 2 heterocycles. The zero-order valence-electron chi connectivity index (χ0n) is 11.2. The van der Waals surface area contributed by atoms with Crippen LogP contribution in [0.5, 0.6) is 0 Å². The third-order valence-corrected chi connectivity index (χ3v) is 4.22. The summed E-state index contributed by atoms with van der Waals surface area (Å²) in [4.78, 5) is 14.4. The number of nitrogen functional groups attached to an aromatic ring is 1. The maximum Gasteiger partial charge on any atom is 0.270 e. The molecule has 0 radical (unpaired) electrons. The Morgan fingerprint density at radius 1 is 1.47 bits per heavy atom. The lowest BCUT2D eigenvalue weighted by molar-refractivity contribution is 0.0752. The van der Waals surface area contributed by atoms with E-state index in [-0.39, 0.29) is 17.9 Å². The van der Waals surface area contributed by atoms with E-state index in [4.69, 9.17) is 5.73 Å². The number of amides is 1. The summed E-state index contributed by atoms with van der Waals surface area (Å²) in [6, 6.07) is 2.22. The molecule has 3 N–H and O–H groups in total. The zero-order chi connectivity index (χ0) is 13.6. The number of anilines is 1. The summed E-state index contributed by atoms with van der Waals surface area (Å²) < 4.78 is 2.02. The molecular formula is C14H21N3O2. The second-order valence-corrected chi connectivity index (χ2v) is 5.84. The number of carbonyl (C=O) groups is 1. The number of nitrogens with zero attached hydrogens (tertiary/aromatic N) is 2. The Morgan fingerprint density at radius 2 is 2.21 bits per heavy atom. The molecule has 2 unspecified atom stereocenters. The van der Waals surface area contributed by atoms with Gasteiger partial charge in [0.15, 0.2) is 0 Å². The summed E-state index contributed by atoms with van der Waals surface area (Å²) in [6.45, 7) is 3.17. The van der Waals surface area contributed by atoms with Crippen molar-refractivity contribution in [3.63, 3.8) is 0 Å². The second-order valence-electron chi connectivity index (χ2n) is 5.84. The van der Waals surface area contributed by atoms with Crippen molar-refractivity contribution in [3.05, 3.63) is 18.0 Å². The maximum atomic E-state index is 12.5. The monoisotopic (exact) mass is 263 g/mol. The lowest BCUT2D eigenvalue weighted by atomic mass is 10.0. The van der Waals surface area contributed by atoms with Crippen molar-refractivity contribution in [1.29, 1.82) is 0 Å². The van der Waals surface area contributed by atoms with Gasteiger partial charge in [-0.3, -0.25) is 4.79 Å². The van der Waals surface area contributed by atoms with Gasteiger partial charge in [-0.2, -0.15) is 0 Å². The molecule has 104 valence electrons. The van der Waals surface area contributed by atoms with Crippen LogP contribution in [0.15, 0.2) is 12.3 Å². The van der Waals surface area contributed by atoms with Crippen molar-refractivity contribution in [2.24, 2.45) is 5.92 Å². The number of rotatable bonds is 3. The predicted octanol–water partition coefficient (Wildman–Crippen LogP) is 1.25. The van der Waals surface area contributed by atoms with Gasteiger partial charge < -0.3 is 20.3 Å². The zero-order valence-corrected chi connectivity index (χ0v) is 11.2.